The van der Waals surface area contributed by atoms with E-state index in [1.165, 1.54) is 5.56 Å². The third kappa shape index (κ3) is 2.01. The van der Waals surface area contributed by atoms with E-state index in [9.17, 15) is 0 Å². The first-order chi connectivity index (χ1) is 8.33. The second-order valence-electron chi connectivity index (χ2n) is 3.84. The molecule has 86 valence electrons. The molecule has 3 aromatic rings. The van der Waals surface area contributed by atoms with E-state index in [0.717, 1.165) is 22.3 Å². The van der Waals surface area contributed by atoms with E-state index in [0.29, 0.717) is 0 Å². The topological polar surface area (TPSA) is 42.2 Å². The van der Waals surface area contributed by atoms with Crippen molar-refractivity contribution in [3.63, 3.8) is 0 Å². The van der Waals surface area contributed by atoms with Crippen molar-refractivity contribution in [3.05, 3.63) is 47.8 Å². The van der Waals surface area contributed by atoms with Gasteiger partial charge in [-0.2, -0.15) is 0 Å². The molecule has 0 saturated carbocycles. The first kappa shape index (κ1) is 10.3. The van der Waals surface area contributed by atoms with E-state index in [-0.39, 0.29) is 0 Å². The third-order valence-electron chi connectivity index (χ3n) is 2.54. The standard InChI is InChI=1S/C12H12N4S/c1-9-7-14-12-16(9)15-11(17-12)13-8-10-5-3-2-4-6-10/h2-7H,8H2,1H3,(H,13,15). The molecule has 0 bridgehead atoms. The Morgan fingerprint density at radius 3 is 2.88 bits per heavy atom. The second kappa shape index (κ2) is 4.18. The summed E-state index contributed by atoms with van der Waals surface area (Å²) in [5, 5.41) is 8.66. The van der Waals surface area contributed by atoms with E-state index in [4.69, 9.17) is 0 Å². The molecule has 0 aliphatic rings. The molecule has 0 spiro atoms. The largest absolute Gasteiger partial charge is 0.356 e. The summed E-state index contributed by atoms with van der Waals surface area (Å²) in [6.45, 7) is 2.79. The molecular weight excluding hydrogens is 232 g/mol. The molecule has 0 saturated heterocycles. The summed E-state index contributed by atoms with van der Waals surface area (Å²) in [4.78, 5) is 5.20. The van der Waals surface area contributed by atoms with Gasteiger partial charge in [-0.1, -0.05) is 41.7 Å². The first-order valence-electron chi connectivity index (χ1n) is 5.42. The highest BCUT2D eigenvalue weighted by molar-refractivity contribution is 7.20. The van der Waals surface area contributed by atoms with Crippen molar-refractivity contribution < 1.29 is 0 Å². The Kier molecular flexibility index (Phi) is 2.53. The Labute approximate surface area is 103 Å². The summed E-state index contributed by atoms with van der Waals surface area (Å²) in [7, 11) is 0. The maximum Gasteiger partial charge on any atom is 0.214 e. The fourth-order valence-electron chi connectivity index (χ4n) is 1.64. The quantitative estimate of drug-likeness (QED) is 0.770. The Morgan fingerprint density at radius 2 is 2.12 bits per heavy atom. The van der Waals surface area contributed by atoms with Crippen molar-refractivity contribution >= 4 is 21.4 Å². The van der Waals surface area contributed by atoms with Crippen LogP contribution in [0.2, 0.25) is 0 Å². The number of fused-ring (bicyclic) bond motifs is 1. The Balaban J connectivity index is 1.77. The van der Waals surface area contributed by atoms with Crippen LogP contribution in [-0.2, 0) is 6.54 Å². The van der Waals surface area contributed by atoms with E-state index in [1.54, 1.807) is 11.3 Å². The highest BCUT2D eigenvalue weighted by Gasteiger charge is 2.06. The lowest BCUT2D eigenvalue weighted by atomic mass is 10.2. The summed E-state index contributed by atoms with van der Waals surface area (Å²) in [6.07, 6.45) is 1.83. The maximum absolute atomic E-state index is 4.45. The molecule has 2 aromatic heterocycles. The molecule has 1 N–H and O–H groups in total. The monoisotopic (exact) mass is 244 g/mol. The van der Waals surface area contributed by atoms with Crippen LogP contribution >= 0.6 is 11.3 Å². The Hall–Kier alpha value is -1.88. The number of nitrogens with zero attached hydrogens (tertiary/aromatic N) is 3. The zero-order chi connectivity index (χ0) is 11.7. The molecular formula is C12H12N4S. The molecule has 17 heavy (non-hydrogen) atoms. The number of benzene rings is 1. The molecule has 5 heteroatoms. The normalized spacial score (nSPS) is 10.9. The van der Waals surface area contributed by atoms with Gasteiger partial charge in [-0.15, -0.1) is 5.10 Å². The molecule has 0 aliphatic carbocycles. The van der Waals surface area contributed by atoms with Gasteiger partial charge in [0.25, 0.3) is 0 Å². The van der Waals surface area contributed by atoms with E-state index in [2.05, 4.69) is 27.5 Å². The molecule has 2 heterocycles. The predicted octanol–water partition coefficient (Wildman–Crippen LogP) is 2.71. The lowest BCUT2D eigenvalue weighted by Gasteiger charge is -2.01. The van der Waals surface area contributed by atoms with E-state index >= 15 is 0 Å². The smallest absolute Gasteiger partial charge is 0.214 e. The van der Waals surface area contributed by atoms with Crippen LogP contribution < -0.4 is 5.32 Å². The fourth-order valence-corrected chi connectivity index (χ4v) is 2.46. The summed E-state index contributed by atoms with van der Waals surface area (Å²) in [5.74, 6) is 0. The SMILES string of the molecule is Cc1cnc2sc(NCc3ccccc3)nn12. The average molecular weight is 244 g/mol. The summed E-state index contributed by atoms with van der Waals surface area (Å²) < 4.78 is 1.86. The minimum absolute atomic E-state index is 0.788. The number of nitrogens with one attached hydrogen (secondary N) is 1. The van der Waals surface area contributed by atoms with Crippen molar-refractivity contribution in [3.8, 4) is 0 Å². The number of imidazole rings is 1. The molecule has 0 unspecified atom stereocenters. The molecule has 3 rings (SSSR count). The number of aromatic nitrogens is 3. The van der Waals surface area contributed by atoms with Crippen LogP contribution in [0.3, 0.4) is 0 Å². The lowest BCUT2D eigenvalue weighted by molar-refractivity contribution is 0.924. The van der Waals surface area contributed by atoms with E-state index in [1.807, 2.05) is 35.8 Å². The molecule has 0 radical (unpaired) electrons. The van der Waals surface area contributed by atoms with Crippen LogP contribution in [0.15, 0.2) is 36.5 Å². The third-order valence-corrected chi connectivity index (χ3v) is 3.42. The highest BCUT2D eigenvalue weighted by Crippen LogP contribution is 2.19. The number of aryl methyl sites for hydroxylation is 1. The van der Waals surface area contributed by atoms with Gasteiger partial charge in [0.05, 0.1) is 11.9 Å². The van der Waals surface area contributed by atoms with Gasteiger partial charge < -0.3 is 5.32 Å². The van der Waals surface area contributed by atoms with Gasteiger partial charge >= 0.3 is 0 Å². The van der Waals surface area contributed by atoms with Crippen molar-refractivity contribution in [1.29, 1.82) is 0 Å². The molecule has 1 aromatic carbocycles. The van der Waals surface area contributed by atoms with Crippen LogP contribution in [0.25, 0.3) is 4.96 Å². The minimum atomic E-state index is 0.788. The number of hydrogen-bond donors (Lipinski definition) is 1. The second-order valence-corrected chi connectivity index (χ2v) is 4.80. The van der Waals surface area contributed by atoms with Crippen LogP contribution in [0.4, 0.5) is 5.13 Å². The van der Waals surface area contributed by atoms with Crippen LogP contribution in [0, 0.1) is 6.92 Å². The van der Waals surface area contributed by atoms with Gasteiger partial charge in [0, 0.05) is 6.54 Å². The highest BCUT2D eigenvalue weighted by atomic mass is 32.1. The van der Waals surface area contributed by atoms with Crippen molar-refractivity contribution in [2.45, 2.75) is 13.5 Å². The van der Waals surface area contributed by atoms with Gasteiger partial charge in [0.15, 0.2) is 0 Å². The molecule has 0 amide bonds. The summed E-state index contributed by atoms with van der Waals surface area (Å²) in [6, 6.07) is 10.3. The number of anilines is 1. The zero-order valence-electron chi connectivity index (χ0n) is 9.42. The van der Waals surface area contributed by atoms with Crippen LogP contribution in [0.5, 0.6) is 0 Å². The zero-order valence-corrected chi connectivity index (χ0v) is 10.2. The molecule has 0 aliphatic heterocycles. The molecule has 4 nitrogen and oxygen atoms in total. The minimum Gasteiger partial charge on any atom is -0.356 e. The van der Waals surface area contributed by atoms with Crippen molar-refractivity contribution in [2.75, 3.05) is 5.32 Å². The van der Waals surface area contributed by atoms with Crippen molar-refractivity contribution in [1.82, 2.24) is 14.6 Å². The van der Waals surface area contributed by atoms with E-state index < -0.39 is 0 Å². The predicted molar refractivity (Wildman–Crippen MR) is 69.4 cm³/mol. The van der Waals surface area contributed by atoms with Gasteiger partial charge in [-0.3, -0.25) is 0 Å². The van der Waals surface area contributed by atoms with Gasteiger partial charge in [0.2, 0.25) is 10.1 Å². The Bertz CT molecular complexity index is 626. The maximum atomic E-state index is 4.45. The van der Waals surface area contributed by atoms with Gasteiger partial charge in [-0.05, 0) is 12.5 Å². The lowest BCUT2D eigenvalue weighted by Crippen LogP contribution is -1.99. The Morgan fingerprint density at radius 1 is 1.29 bits per heavy atom. The fraction of sp³-hybridized carbons (Fsp3) is 0.167. The van der Waals surface area contributed by atoms with Gasteiger partial charge in [-0.25, -0.2) is 9.50 Å². The average Bonchev–Trinajstić information content (AvgIpc) is 2.91. The van der Waals surface area contributed by atoms with Crippen molar-refractivity contribution in [2.24, 2.45) is 0 Å². The van der Waals surface area contributed by atoms with Crippen LogP contribution in [0.1, 0.15) is 11.3 Å². The number of hydrogen-bond acceptors (Lipinski definition) is 4. The molecule has 0 fully saturated rings. The first-order valence-corrected chi connectivity index (χ1v) is 6.23. The molecule has 0 atom stereocenters. The number of rotatable bonds is 3. The summed E-state index contributed by atoms with van der Waals surface area (Å²) >= 11 is 1.57. The summed E-state index contributed by atoms with van der Waals surface area (Å²) in [5.41, 5.74) is 2.31. The van der Waals surface area contributed by atoms with Crippen LogP contribution in [-0.4, -0.2) is 14.6 Å². The van der Waals surface area contributed by atoms with Gasteiger partial charge in [0.1, 0.15) is 0 Å².